The second-order valence-electron chi connectivity index (χ2n) is 8.41. The molecule has 2 aromatic heterocycles. The fraction of sp³-hybridized carbons (Fsp3) is 0.400. The highest BCUT2D eigenvalue weighted by Gasteiger charge is 2.27. The zero-order valence-electron chi connectivity index (χ0n) is 17.7. The number of aromatic nitrogens is 3. The summed E-state index contributed by atoms with van der Waals surface area (Å²) < 4.78 is 0. The average Bonchev–Trinajstić information content (AvgIpc) is 3.29. The highest BCUT2D eigenvalue weighted by molar-refractivity contribution is 5.61. The molecule has 2 aliphatic rings. The summed E-state index contributed by atoms with van der Waals surface area (Å²) in [6.45, 7) is 6.48. The molecule has 1 aliphatic heterocycles. The first-order chi connectivity index (χ1) is 14.8. The van der Waals surface area contributed by atoms with E-state index in [2.05, 4.69) is 58.1 Å². The highest BCUT2D eigenvalue weighted by Crippen LogP contribution is 2.32. The number of rotatable bonds is 5. The molecule has 3 heterocycles. The molecule has 5 nitrogen and oxygen atoms in total. The van der Waals surface area contributed by atoms with Gasteiger partial charge < -0.3 is 4.90 Å². The Hall–Kier alpha value is -2.79. The lowest BCUT2D eigenvalue weighted by Crippen LogP contribution is -2.50. The summed E-state index contributed by atoms with van der Waals surface area (Å²) in [7, 11) is 0. The predicted octanol–water partition coefficient (Wildman–Crippen LogP) is 3.78. The fourth-order valence-electron chi connectivity index (χ4n) is 4.72. The van der Waals surface area contributed by atoms with E-state index in [1.807, 2.05) is 18.3 Å². The van der Waals surface area contributed by atoms with E-state index < -0.39 is 0 Å². The van der Waals surface area contributed by atoms with Gasteiger partial charge >= 0.3 is 0 Å². The first-order valence-electron chi connectivity index (χ1n) is 11.1. The SMILES string of the molecule is C[C@@H](Cc1ccccn1)N1CCN(c2nc(-c3ccccc3)nc3c2CCC3)CC1. The topological polar surface area (TPSA) is 45.2 Å². The number of fused-ring (bicyclic) bond motifs is 1. The molecule has 0 bridgehead atoms. The van der Waals surface area contributed by atoms with Crippen molar-refractivity contribution in [2.24, 2.45) is 0 Å². The zero-order chi connectivity index (χ0) is 20.3. The van der Waals surface area contributed by atoms with E-state index in [1.165, 1.54) is 29.2 Å². The molecule has 0 radical (unpaired) electrons. The van der Waals surface area contributed by atoms with Crippen LogP contribution in [0, 0.1) is 0 Å². The van der Waals surface area contributed by atoms with Crippen molar-refractivity contribution in [3.05, 3.63) is 71.7 Å². The van der Waals surface area contributed by atoms with Gasteiger partial charge in [0, 0.05) is 67.4 Å². The number of benzene rings is 1. The molecular weight excluding hydrogens is 370 g/mol. The minimum absolute atomic E-state index is 0.498. The third-order valence-electron chi connectivity index (χ3n) is 6.41. The maximum absolute atomic E-state index is 5.06. The number of hydrogen-bond acceptors (Lipinski definition) is 5. The van der Waals surface area contributed by atoms with E-state index in [0.29, 0.717) is 6.04 Å². The first-order valence-corrected chi connectivity index (χ1v) is 11.1. The van der Waals surface area contributed by atoms with Crippen LogP contribution in [-0.2, 0) is 19.3 Å². The highest BCUT2D eigenvalue weighted by atomic mass is 15.3. The Kier molecular flexibility index (Phi) is 5.45. The normalized spacial score (nSPS) is 17.7. The van der Waals surface area contributed by atoms with E-state index in [-0.39, 0.29) is 0 Å². The van der Waals surface area contributed by atoms with Gasteiger partial charge in [0.1, 0.15) is 5.82 Å². The van der Waals surface area contributed by atoms with Crippen LogP contribution in [0.2, 0.25) is 0 Å². The van der Waals surface area contributed by atoms with Crippen LogP contribution in [0.5, 0.6) is 0 Å². The minimum Gasteiger partial charge on any atom is -0.354 e. The van der Waals surface area contributed by atoms with Crippen LogP contribution in [0.4, 0.5) is 5.82 Å². The molecule has 0 saturated carbocycles. The molecule has 3 aromatic rings. The van der Waals surface area contributed by atoms with Gasteiger partial charge in [-0.1, -0.05) is 36.4 Å². The Labute approximate surface area is 178 Å². The molecule has 1 saturated heterocycles. The van der Waals surface area contributed by atoms with E-state index >= 15 is 0 Å². The van der Waals surface area contributed by atoms with Gasteiger partial charge in [0.2, 0.25) is 0 Å². The fourth-order valence-corrected chi connectivity index (χ4v) is 4.72. The maximum atomic E-state index is 5.06. The lowest BCUT2D eigenvalue weighted by molar-refractivity contribution is 0.194. The second kappa shape index (κ2) is 8.52. The number of pyridine rings is 1. The molecule has 30 heavy (non-hydrogen) atoms. The van der Waals surface area contributed by atoms with Crippen molar-refractivity contribution in [1.29, 1.82) is 0 Å². The maximum Gasteiger partial charge on any atom is 0.161 e. The number of anilines is 1. The molecule has 5 heteroatoms. The molecule has 0 unspecified atom stereocenters. The third kappa shape index (κ3) is 3.94. The standard InChI is InChI=1S/C25H29N5/c1-19(18-21-10-5-6-13-26-21)29-14-16-30(17-15-29)25-22-11-7-12-23(22)27-24(28-25)20-8-3-2-4-9-20/h2-6,8-10,13,19H,7,11-12,14-18H2,1H3/t19-/m0/s1. The zero-order valence-corrected chi connectivity index (χ0v) is 17.7. The van der Waals surface area contributed by atoms with Crippen molar-refractivity contribution in [2.75, 3.05) is 31.1 Å². The van der Waals surface area contributed by atoms with Crippen LogP contribution >= 0.6 is 0 Å². The van der Waals surface area contributed by atoms with Crippen molar-refractivity contribution in [1.82, 2.24) is 19.9 Å². The molecule has 0 N–H and O–H groups in total. The largest absolute Gasteiger partial charge is 0.354 e. The molecule has 0 amide bonds. The summed E-state index contributed by atoms with van der Waals surface area (Å²) >= 11 is 0. The van der Waals surface area contributed by atoms with Crippen LogP contribution in [-0.4, -0.2) is 52.1 Å². The number of hydrogen-bond donors (Lipinski definition) is 0. The predicted molar refractivity (Wildman–Crippen MR) is 121 cm³/mol. The Balaban J connectivity index is 1.32. The smallest absolute Gasteiger partial charge is 0.161 e. The van der Waals surface area contributed by atoms with Crippen molar-refractivity contribution in [3.63, 3.8) is 0 Å². The van der Waals surface area contributed by atoms with Crippen molar-refractivity contribution in [2.45, 2.75) is 38.6 Å². The van der Waals surface area contributed by atoms with Gasteiger partial charge in [0.15, 0.2) is 5.82 Å². The Bertz CT molecular complexity index is 981. The number of piperazine rings is 1. The Morgan fingerprint density at radius 2 is 1.70 bits per heavy atom. The summed E-state index contributed by atoms with van der Waals surface area (Å²) in [6.07, 6.45) is 6.26. The molecular formula is C25H29N5. The van der Waals surface area contributed by atoms with E-state index in [4.69, 9.17) is 9.97 Å². The van der Waals surface area contributed by atoms with Crippen LogP contribution in [0.3, 0.4) is 0 Å². The number of aryl methyl sites for hydroxylation is 1. The summed E-state index contributed by atoms with van der Waals surface area (Å²) in [4.78, 5) is 19.6. The van der Waals surface area contributed by atoms with E-state index in [1.54, 1.807) is 0 Å². The summed E-state index contributed by atoms with van der Waals surface area (Å²) in [5.74, 6) is 2.05. The molecule has 1 atom stereocenters. The molecule has 1 aromatic carbocycles. The van der Waals surface area contributed by atoms with Gasteiger partial charge in [-0.25, -0.2) is 9.97 Å². The Morgan fingerprint density at radius 3 is 2.47 bits per heavy atom. The van der Waals surface area contributed by atoms with Crippen molar-refractivity contribution in [3.8, 4) is 11.4 Å². The van der Waals surface area contributed by atoms with Gasteiger partial charge in [-0.3, -0.25) is 9.88 Å². The monoisotopic (exact) mass is 399 g/mol. The summed E-state index contributed by atoms with van der Waals surface area (Å²) in [5, 5.41) is 0. The van der Waals surface area contributed by atoms with Crippen LogP contribution < -0.4 is 4.90 Å². The average molecular weight is 400 g/mol. The summed E-state index contributed by atoms with van der Waals surface area (Å²) in [6, 6.07) is 17.1. The van der Waals surface area contributed by atoms with Gasteiger partial charge in [-0.2, -0.15) is 0 Å². The number of nitrogens with zero attached hydrogens (tertiary/aromatic N) is 5. The van der Waals surface area contributed by atoms with Gasteiger partial charge in [0.05, 0.1) is 0 Å². The summed E-state index contributed by atoms with van der Waals surface area (Å²) in [5.41, 5.74) is 4.92. The van der Waals surface area contributed by atoms with Crippen molar-refractivity contribution < 1.29 is 0 Å². The van der Waals surface area contributed by atoms with Crippen molar-refractivity contribution >= 4 is 5.82 Å². The Morgan fingerprint density at radius 1 is 0.900 bits per heavy atom. The van der Waals surface area contributed by atoms with E-state index in [0.717, 1.165) is 56.8 Å². The van der Waals surface area contributed by atoms with E-state index in [9.17, 15) is 0 Å². The minimum atomic E-state index is 0.498. The van der Waals surface area contributed by atoms with Gasteiger partial charge in [-0.05, 0) is 38.3 Å². The molecule has 1 fully saturated rings. The molecule has 5 rings (SSSR count). The van der Waals surface area contributed by atoms with Crippen LogP contribution in [0.1, 0.15) is 30.3 Å². The second-order valence-corrected chi connectivity index (χ2v) is 8.41. The van der Waals surface area contributed by atoms with Crippen LogP contribution in [0.25, 0.3) is 11.4 Å². The molecule has 1 aliphatic carbocycles. The quantitative estimate of drug-likeness (QED) is 0.653. The van der Waals surface area contributed by atoms with Gasteiger partial charge in [-0.15, -0.1) is 0 Å². The molecule has 154 valence electrons. The lowest BCUT2D eigenvalue weighted by Gasteiger charge is -2.39. The third-order valence-corrected chi connectivity index (χ3v) is 6.41. The lowest BCUT2D eigenvalue weighted by atomic mass is 10.1. The molecule has 0 spiro atoms. The van der Waals surface area contributed by atoms with Crippen LogP contribution in [0.15, 0.2) is 54.7 Å². The first kappa shape index (κ1) is 19.2. The van der Waals surface area contributed by atoms with Gasteiger partial charge in [0.25, 0.3) is 0 Å².